The van der Waals surface area contributed by atoms with Gasteiger partial charge in [0.2, 0.25) is 5.91 Å². The van der Waals surface area contributed by atoms with E-state index in [1.165, 1.54) is 5.56 Å². The number of hydrogen-bond donors (Lipinski definition) is 0. The molecule has 0 aliphatic carbocycles. The zero-order valence-electron chi connectivity index (χ0n) is 21.0. The van der Waals surface area contributed by atoms with Crippen molar-refractivity contribution in [2.45, 2.75) is 45.1 Å². The van der Waals surface area contributed by atoms with Crippen molar-refractivity contribution in [3.05, 3.63) is 84.2 Å². The Labute approximate surface area is 212 Å². The SMILES string of the molecule is CCc1ccccc1N1C[C@H](c2nc3ccccc3n2CCCCOc2ccccc2OC)CC1=O. The van der Waals surface area contributed by atoms with Crippen molar-refractivity contribution in [1.82, 2.24) is 9.55 Å². The van der Waals surface area contributed by atoms with Crippen molar-refractivity contribution in [2.24, 2.45) is 0 Å². The van der Waals surface area contributed by atoms with E-state index in [-0.39, 0.29) is 11.8 Å². The lowest BCUT2D eigenvalue weighted by atomic mass is 10.1. The van der Waals surface area contributed by atoms with Crippen LogP contribution in [0, 0.1) is 0 Å². The summed E-state index contributed by atoms with van der Waals surface area (Å²) in [6.07, 6.45) is 3.24. The Morgan fingerprint density at radius 2 is 1.69 bits per heavy atom. The lowest BCUT2D eigenvalue weighted by Gasteiger charge is -2.20. The van der Waals surface area contributed by atoms with Crippen molar-refractivity contribution >= 4 is 22.6 Å². The van der Waals surface area contributed by atoms with Crippen LogP contribution in [-0.2, 0) is 17.8 Å². The van der Waals surface area contributed by atoms with E-state index in [9.17, 15) is 4.79 Å². The lowest BCUT2D eigenvalue weighted by Crippen LogP contribution is -2.25. The summed E-state index contributed by atoms with van der Waals surface area (Å²) < 4.78 is 13.7. The van der Waals surface area contributed by atoms with Gasteiger partial charge >= 0.3 is 0 Å². The second kappa shape index (κ2) is 10.9. The number of aryl methyl sites for hydroxylation is 2. The molecule has 2 heterocycles. The molecule has 6 nitrogen and oxygen atoms in total. The maximum Gasteiger partial charge on any atom is 0.227 e. The fourth-order valence-corrected chi connectivity index (χ4v) is 5.12. The summed E-state index contributed by atoms with van der Waals surface area (Å²) in [6, 6.07) is 24.2. The van der Waals surface area contributed by atoms with Gasteiger partial charge in [-0.25, -0.2) is 4.98 Å². The Bertz CT molecular complexity index is 1350. The molecule has 0 radical (unpaired) electrons. The Kier molecular flexibility index (Phi) is 7.21. The molecule has 0 spiro atoms. The summed E-state index contributed by atoms with van der Waals surface area (Å²) in [7, 11) is 1.66. The van der Waals surface area contributed by atoms with Crippen LogP contribution in [0.25, 0.3) is 11.0 Å². The van der Waals surface area contributed by atoms with Crippen LogP contribution in [0.15, 0.2) is 72.8 Å². The van der Waals surface area contributed by atoms with Gasteiger partial charge in [-0.3, -0.25) is 4.79 Å². The van der Waals surface area contributed by atoms with Gasteiger partial charge in [0.1, 0.15) is 5.82 Å². The van der Waals surface area contributed by atoms with E-state index in [1.54, 1.807) is 7.11 Å². The molecule has 0 saturated carbocycles. The number of amides is 1. The first-order valence-electron chi connectivity index (χ1n) is 12.8. The number of ether oxygens (including phenoxy) is 2. The number of benzene rings is 3. The number of anilines is 1. The average molecular weight is 484 g/mol. The molecule has 0 N–H and O–H groups in total. The number of unbranched alkanes of at least 4 members (excludes halogenated alkanes) is 1. The monoisotopic (exact) mass is 483 g/mol. The van der Waals surface area contributed by atoms with E-state index in [1.807, 2.05) is 47.4 Å². The Morgan fingerprint density at radius 1 is 0.944 bits per heavy atom. The maximum atomic E-state index is 13.1. The van der Waals surface area contributed by atoms with E-state index < -0.39 is 0 Å². The van der Waals surface area contributed by atoms with Gasteiger partial charge in [-0.05, 0) is 55.2 Å². The van der Waals surface area contributed by atoms with Gasteiger partial charge < -0.3 is 18.9 Å². The molecule has 0 unspecified atom stereocenters. The largest absolute Gasteiger partial charge is 0.493 e. The van der Waals surface area contributed by atoms with Gasteiger partial charge in [0.15, 0.2) is 11.5 Å². The highest BCUT2D eigenvalue weighted by Crippen LogP contribution is 2.35. The molecule has 4 aromatic rings. The minimum atomic E-state index is 0.0691. The molecule has 1 aliphatic rings. The van der Waals surface area contributed by atoms with Crippen molar-refractivity contribution in [3.8, 4) is 11.5 Å². The number of carbonyl (C=O) groups is 1. The van der Waals surface area contributed by atoms with E-state index in [4.69, 9.17) is 14.5 Å². The second-order valence-corrected chi connectivity index (χ2v) is 9.20. The molecule has 186 valence electrons. The van der Waals surface area contributed by atoms with Gasteiger partial charge in [0.05, 0.1) is 24.8 Å². The summed E-state index contributed by atoms with van der Waals surface area (Å²) in [6.45, 7) is 4.25. The highest BCUT2D eigenvalue weighted by atomic mass is 16.5. The zero-order valence-corrected chi connectivity index (χ0v) is 21.0. The minimum absolute atomic E-state index is 0.0691. The van der Waals surface area contributed by atoms with E-state index >= 15 is 0 Å². The van der Waals surface area contributed by atoms with Crippen LogP contribution in [0.5, 0.6) is 11.5 Å². The predicted molar refractivity (Wildman–Crippen MR) is 143 cm³/mol. The molecule has 1 fully saturated rings. The van der Waals surface area contributed by atoms with Crippen LogP contribution < -0.4 is 14.4 Å². The van der Waals surface area contributed by atoms with Crippen LogP contribution >= 0.6 is 0 Å². The van der Waals surface area contributed by atoms with E-state index in [2.05, 4.69) is 41.8 Å². The smallest absolute Gasteiger partial charge is 0.227 e. The molecule has 0 bridgehead atoms. The molecule has 5 rings (SSSR count). The van der Waals surface area contributed by atoms with Crippen LogP contribution in [-0.4, -0.2) is 35.7 Å². The Balaban J connectivity index is 1.30. The number of rotatable bonds is 10. The molecular weight excluding hydrogens is 450 g/mol. The number of nitrogens with zero attached hydrogens (tertiary/aromatic N) is 3. The van der Waals surface area contributed by atoms with Gasteiger partial charge in [0, 0.05) is 31.1 Å². The van der Waals surface area contributed by atoms with E-state index in [0.29, 0.717) is 19.6 Å². The molecule has 36 heavy (non-hydrogen) atoms. The van der Waals surface area contributed by atoms with Gasteiger partial charge in [-0.1, -0.05) is 49.4 Å². The third-order valence-electron chi connectivity index (χ3n) is 6.94. The number of aromatic nitrogens is 2. The number of para-hydroxylation sites is 5. The van der Waals surface area contributed by atoms with Crippen molar-refractivity contribution in [2.75, 3.05) is 25.2 Å². The Morgan fingerprint density at radius 3 is 2.53 bits per heavy atom. The topological polar surface area (TPSA) is 56.6 Å². The van der Waals surface area contributed by atoms with Crippen LogP contribution in [0.4, 0.5) is 5.69 Å². The highest BCUT2D eigenvalue weighted by molar-refractivity contribution is 5.97. The first-order valence-corrected chi connectivity index (χ1v) is 12.8. The Hall–Kier alpha value is -3.80. The molecule has 6 heteroatoms. The highest BCUT2D eigenvalue weighted by Gasteiger charge is 2.35. The van der Waals surface area contributed by atoms with Crippen molar-refractivity contribution in [1.29, 1.82) is 0 Å². The summed E-state index contributed by atoms with van der Waals surface area (Å²) in [4.78, 5) is 20.1. The number of carbonyl (C=O) groups excluding carboxylic acids is 1. The van der Waals surface area contributed by atoms with Crippen LogP contribution in [0.3, 0.4) is 0 Å². The summed E-state index contributed by atoms with van der Waals surface area (Å²) >= 11 is 0. The van der Waals surface area contributed by atoms with Crippen LogP contribution in [0.2, 0.25) is 0 Å². The molecule has 1 aromatic heterocycles. The maximum absolute atomic E-state index is 13.1. The normalized spacial score (nSPS) is 15.6. The molecular formula is C30H33N3O3. The number of methoxy groups -OCH3 is 1. The molecule has 1 aliphatic heterocycles. The van der Waals surface area contributed by atoms with Crippen molar-refractivity contribution in [3.63, 3.8) is 0 Å². The number of fused-ring (bicyclic) bond motifs is 1. The second-order valence-electron chi connectivity index (χ2n) is 9.20. The molecule has 1 saturated heterocycles. The predicted octanol–water partition coefficient (Wildman–Crippen LogP) is 5.99. The summed E-state index contributed by atoms with van der Waals surface area (Å²) in [5, 5.41) is 0. The standard InChI is InChI=1S/C30H33N3O3/c1-3-22-12-4-6-14-25(22)33-21-23(20-29(33)34)30-31-24-13-5-7-15-26(24)32(30)18-10-11-19-36-28-17-9-8-16-27(28)35-2/h4-9,12-17,23H,3,10-11,18-21H2,1-2H3/t23-/m1/s1. The zero-order chi connectivity index (χ0) is 24.9. The minimum Gasteiger partial charge on any atom is -0.493 e. The summed E-state index contributed by atoms with van der Waals surface area (Å²) in [5.41, 5.74) is 4.34. The van der Waals surface area contributed by atoms with Crippen LogP contribution in [0.1, 0.15) is 43.5 Å². The first kappa shape index (κ1) is 23.9. The van der Waals surface area contributed by atoms with Gasteiger partial charge in [-0.15, -0.1) is 0 Å². The molecule has 1 atom stereocenters. The molecule has 3 aromatic carbocycles. The van der Waals surface area contributed by atoms with Gasteiger partial charge in [0.25, 0.3) is 0 Å². The number of hydrogen-bond acceptors (Lipinski definition) is 4. The fraction of sp³-hybridized carbons (Fsp3) is 0.333. The lowest BCUT2D eigenvalue weighted by molar-refractivity contribution is -0.117. The third-order valence-corrected chi connectivity index (χ3v) is 6.94. The third kappa shape index (κ3) is 4.81. The summed E-state index contributed by atoms with van der Waals surface area (Å²) in [5.74, 6) is 2.77. The molecule has 1 amide bonds. The quantitative estimate of drug-likeness (QED) is 0.260. The van der Waals surface area contributed by atoms with E-state index in [0.717, 1.165) is 59.9 Å². The number of imidazole rings is 1. The average Bonchev–Trinajstić information content (AvgIpc) is 3.49. The first-order chi connectivity index (χ1) is 17.7. The van der Waals surface area contributed by atoms with Gasteiger partial charge in [-0.2, -0.15) is 0 Å². The fourth-order valence-electron chi connectivity index (χ4n) is 5.12. The van der Waals surface area contributed by atoms with Crippen molar-refractivity contribution < 1.29 is 14.3 Å².